The Morgan fingerprint density at radius 1 is 1.53 bits per heavy atom. The Morgan fingerprint density at radius 2 is 2.29 bits per heavy atom. The molecule has 2 rings (SSSR count). The van der Waals surface area contributed by atoms with Crippen LogP contribution in [0.1, 0.15) is 17.8 Å². The molecule has 1 aromatic heterocycles. The van der Waals surface area contributed by atoms with E-state index in [-0.39, 0.29) is 11.7 Å². The number of rotatable bonds is 3. The van der Waals surface area contributed by atoms with Gasteiger partial charge in [0, 0.05) is 27.9 Å². The lowest BCUT2D eigenvalue weighted by Gasteiger charge is -2.03. The van der Waals surface area contributed by atoms with Crippen LogP contribution in [-0.2, 0) is 0 Å². The summed E-state index contributed by atoms with van der Waals surface area (Å²) in [5.74, 6) is -0.0520. The summed E-state index contributed by atoms with van der Waals surface area (Å²) >= 11 is 4.75. The Hall–Kier alpha value is -0.780. The van der Waals surface area contributed by atoms with Crippen LogP contribution in [0.5, 0.6) is 0 Å². The molecule has 0 bridgehead atoms. The van der Waals surface area contributed by atoms with Crippen LogP contribution in [0.3, 0.4) is 0 Å². The Balaban J connectivity index is 2.37. The molecule has 1 unspecified atom stereocenters. The number of halogens is 2. The molecule has 0 aliphatic heterocycles. The van der Waals surface area contributed by atoms with Gasteiger partial charge < -0.3 is 5.73 Å². The second-order valence-corrected chi connectivity index (χ2v) is 5.64. The summed E-state index contributed by atoms with van der Waals surface area (Å²) in [6, 6.07) is 4.98. The van der Waals surface area contributed by atoms with E-state index in [0.29, 0.717) is 17.8 Å². The van der Waals surface area contributed by atoms with Crippen molar-refractivity contribution in [3.8, 4) is 11.3 Å². The summed E-state index contributed by atoms with van der Waals surface area (Å²) in [6.45, 7) is 2.57. The summed E-state index contributed by atoms with van der Waals surface area (Å²) in [7, 11) is 0. The minimum atomic E-state index is -0.267. The van der Waals surface area contributed by atoms with Gasteiger partial charge in [0.1, 0.15) is 5.82 Å². The predicted octanol–water partition coefficient (Wildman–Crippen LogP) is 3.77. The monoisotopic (exact) mass is 314 g/mol. The highest BCUT2D eigenvalue weighted by molar-refractivity contribution is 9.10. The van der Waals surface area contributed by atoms with Crippen LogP contribution in [-0.4, -0.2) is 11.5 Å². The Morgan fingerprint density at radius 3 is 2.94 bits per heavy atom. The molecule has 0 fully saturated rings. The summed E-state index contributed by atoms with van der Waals surface area (Å²) in [5.41, 5.74) is 6.79. The average molecular weight is 315 g/mol. The molecule has 5 heteroatoms. The van der Waals surface area contributed by atoms with Crippen molar-refractivity contribution in [3.05, 3.63) is 38.9 Å². The van der Waals surface area contributed by atoms with Gasteiger partial charge in [0.15, 0.2) is 0 Å². The molecule has 1 aromatic carbocycles. The number of nitrogens with two attached hydrogens (primary N) is 1. The lowest BCUT2D eigenvalue weighted by atomic mass is 10.1. The Kier molecular flexibility index (Phi) is 3.91. The van der Waals surface area contributed by atoms with Crippen molar-refractivity contribution in [1.29, 1.82) is 0 Å². The first-order chi connectivity index (χ1) is 8.11. The predicted molar refractivity (Wildman–Crippen MR) is 72.7 cm³/mol. The smallest absolute Gasteiger partial charge is 0.133 e. The average Bonchev–Trinajstić information content (AvgIpc) is 2.77. The molecular formula is C12H12BrFN2S. The first-order valence-electron chi connectivity index (χ1n) is 5.22. The molecule has 0 radical (unpaired) electrons. The molecule has 2 N–H and O–H groups in total. The van der Waals surface area contributed by atoms with Crippen LogP contribution in [0.2, 0.25) is 0 Å². The highest BCUT2D eigenvalue weighted by Crippen LogP contribution is 2.29. The summed E-state index contributed by atoms with van der Waals surface area (Å²) in [5, 5.41) is 2.82. The van der Waals surface area contributed by atoms with Crippen LogP contribution < -0.4 is 5.73 Å². The minimum absolute atomic E-state index is 0.215. The topological polar surface area (TPSA) is 38.9 Å². The lowest BCUT2D eigenvalue weighted by Crippen LogP contribution is -2.08. The van der Waals surface area contributed by atoms with Crippen LogP contribution in [0.4, 0.5) is 4.39 Å². The Labute approximate surface area is 112 Å². The third-order valence-corrected chi connectivity index (χ3v) is 4.07. The molecular weight excluding hydrogens is 303 g/mol. The normalized spacial score (nSPS) is 12.7. The van der Waals surface area contributed by atoms with Gasteiger partial charge in [-0.15, -0.1) is 11.3 Å². The quantitative estimate of drug-likeness (QED) is 0.936. The fraction of sp³-hybridized carbons (Fsp3) is 0.250. The summed E-state index contributed by atoms with van der Waals surface area (Å²) in [4.78, 5) is 4.42. The largest absolute Gasteiger partial charge is 0.330 e. The molecule has 2 aromatic rings. The molecule has 0 saturated carbocycles. The van der Waals surface area contributed by atoms with E-state index in [1.54, 1.807) is 6.07 Å². The van der Waals surface area contributed by atoms with Gasteiger partial charge in [-0.2, -0.15) is 0 Å². The Bertz CT molecular complexity index is 527. The van der Waals surface area contributed by atoms with Crippen molar-refractivity contribution in [1.82, 2.24) is 4.98 Å². The number of nitrogens with zero attached hydrogens (tertiary/aromatic N) is 1. The molecule has 0 aliphatic carbocycles. The van der Waals surface area contributed by atoms with Crippen molar-refractivity contribution >= 4 is 27.3 Å². The van der Waals surface area contributed by atoms with E-state index in [1.807, 2.05) is 18.4 Å². The van der Waals surface area contributed by atoms with Gasteiger partial charge in [-0.05, 0) is 18.2 Å². The fourth-order valence-corrected chi connectivity index (χ4v) is 2.66. The zero-order chi connectivity index (χ0) is 12.4. The van der Waals surface area contributed by atoms with E-state index in [9.17, 15) is 4.39 Å². The van der Waals surface area contributed by atoms with Crippen molar-refractivity contribution in [2.24, 2.45) is 5.73 Å². The maximum atomic E-state index is 13.7. The zero-order valence-electron chi connectivity index (χ0n) is 9.28. The molecule has 1 atom stereocenters. The number of aromatic nitrogens is 1. The van der Waals surface area contributed by atoms with Gasteiger partial charge in [-0.1, -0.05) is 22.9 Å². The number of hydrogen-bond acceptors (Lipinski definition) is 3. The second kappa shape index (κ2) is 5.25. The molecule has 0 aliphatic rings. The molecule has 0 amide bonds. The number of benzene rings is 1. The fourth-order valence-electron chi connectivity index (χ4n) is 1.44. The summed E-state index contributed by atoms with van der Waals surface area (Å²) < 4.78 is 14.5. The molecule has 17 heavy (non-hydrogen) atoms. The number of hydrogen-bond donors (Lipinski definition) is 1. The highest BCUT2D eigenvalue weighted by Gasteiger charge is 2.12. The molecule has 0 saturated heterocycles. The SMILES string of the molecule is CC(CN)c1nc(-c2ccc(Br)cc2F)cs1. The van der Waals surface area contributed by atoms with Gasteiger partial charge in [-0.3, -0.25) is 0 Å². The molecule has 0 spiro atoms. The van der Waals surface area contributed by atoms with Crippen molar-refractivity contribution < 1.29 is 4.39 Å². The lowest BCUT2D eigenvalue weighted by molar-refractivity contribution is 0.630. The van der Waals surface area contributed by atoms with Gasteiger partial charge in [0.25, 0.3) is 0 Å². The van der Waals surface area contributed by atoms with E-state index in [2.05, 4.69) is 20.9 Å². The maximum Gasteiger partial charge on any atom is 0.133 e. The second-order valence-electron chi connectivity index (χ2n) is 3.83. The van der Waals surface area contributed by atoms with E-state index in [0.717, 1.165) is 9.48 Å². The standard InChI is InChI=1S/C12H12BrFN2S/c1-7(5-15)12-16-11(6-17-12)9-3-2-8(13)4-10(9)14/h2-4,6-7H,5,15H2,1H3. The third kappa shape index (κ3) is 2.73. The first kappa shape index (κ1) is 12.7. The van der Waals surface area contributed by atoms with Crippen LogP contribution in [0.25, 0.3) is 11.3 Å². The third-order valence-electron chi connectivity index (χ3n) is 2.50. The first-order valence-corrected chi connectivity index (χ1v) is 6.90. The summed E-state index contributed by atoms with van der Waals surface area (Å²) in [6.07, 6.45) is 0. The van der Waals surface area contributed by atoms with E-state index < -0.39 is 0 Å². The zero-order valence-corrected chi connectivity index (χ0v) is 11.7. The molecule has 2 nitrogen and oxygen atoms in total. The van der Waals surface area contributed by atoms with Gasteiger partial charge in [0.2, 0.25) is 0 Å². The van der Waals surface area contributed by atoms with E-state index in [4.69, 9.17) is 5.73 Å². The minimum Gasteiger partial charge on any atom is -0.330 e. The van der Waals surface area contributed by atoms with E-state index in [1.165, 1.54) is 17.4 Å². The maximum absolute atomic E-state index is 13.7. The van der Waals surface area contributed by atoms with Crippen LogP contribution in [0.15, 0.2) is 28.1 Å². The van der Waals surface area contributed by atoms with Crippen molar-refractivity contribution in [2.75, 3.05) is 6.54 Å². The van der Waals surface area contributed by atoms with Crippen molar-refractivity contribution in [2.45, 2.75) is 12.8 Å². The van der Waals surface area contributed by atoms with Crippen LogP contribution in [0, 0.1) is 5.82 Å². The molecule has 90 valence electrons. The van der Waals surface area contributed by atoms with Crippen LogP contribution >= 0.6 is 27.3 Å². The molecule has 1 heterocycles. The van der Waals surface area contributed by atoms with Gasteiger partial charge >= 0.3 is 0 Å². The van der Waals surface area contributed by atoms with Gasteiger partial charge in [-0.25, -0.2) is 9.37 Å². The van der Waals surface area contributed by atoms with Crippen molar-refractivity contribution in [3.63, 3.8) is 0 Å². The number of thiazole rings is 1. The van der Waals surface area contributed by atoms with E-state index >= 15 is 0 Å². The highest BCUT2D eigenvalue weighted by atomic mass is 79.9. The van der Waals surface area contributed by atoms with Gasteiger partial charge in [0.05, 0.1) is 10.7 Å².